The number of rotatable bonds is 23. The van der Waals surface area contributed by atoms with E-state index in [9.17, 15) is 22.6 Å². The number of benzene rings is 4. The van der Waals surface area contributed by atoms with Crippen LogP contribution in [0.1, 0.15) is 117 Å². The van der Waals surface area contributed by atoms with Crippen LogP contribution in [0.5, 0.6) is 5.75 Å². The lowest BCUT2D eigenvalue weighted by atomic mass is 9.78. The molecule has 11 nitrogen and oxygen atoms in total. The van der Waals surface area contributed by atoms with Gasteiger partial charge in [-0.3, -0.25) is 14.1 Å². The smallest absolute Gasteiger partial charge is 0.264 e. The Morgan fingerprint density at radius 2 is 1.61 bits per heavy atom. The number of ether oxygens (including phenoxy) is 1. The van der Waals surface area contributed by atoms with Gasteiger partial charge in [0.25, 0.3) is 16.0 Å². The van der Waals surface area contributed by atoms with E-state index in [0.29, 0.717) is 31.8 Å². The van der Waals surface area contributed by atoms with Gasteiger partial charge in [0.1, 0.15) is 18.1 Å². The lowest BCUT2D eigenvalue weighted by molar-refractivity contribution is -0.438. The fraction of sp³-hybridized carbons (Fsp3) is 0.403. The summed E-state index contributed by atoms with van der Waals surface area (Å²) < 4.78 is 43.1. The quantitative estimate of drug-likeness (QED) is 0.0428. The topological polar surface area (TPSA) is 122 Å². The summed E-state index contributed by atoms with van der Waals surface area (Å²) in [5.74, 6) is 1.18. The number of carbonyl (C=O) groups excluding carboxylic acids is 2. The molecule has 8 rings (SSSR count). The van der Waals surface area contributed by atoms with E-state index in [1.165, 1.54) is 45.1 Å². The molecule has 390 valence electrons. The molecule has 2 N–H and O–H groups in total. The Morgan fingerprint density at radius 1 is 0.851 bits per heavy atom. The molecule has 0 fully saturated rings. The van der Waals surface area contributed by atoms with Crippen molar-refractivity contribution in [1.82, 2.24) is 10.2 Å². The van der Waals surface area contributed by atoms with E-state index in [4.69, 9.17) is 4.74 Å². The highest BCUT2D eigenvalue weighted by molar-refractivity contribution is 7.85. The van der Waals surface area contributed by atoms with Gasteiger partial charge in [-0.1, -0.05) is 82.8 Å². The molecule has 4 aliphatic rings. The summed E-state index contributed by atoms with van der Waals surface area (Å²) in [5.41, 5.74) is 10.4. The van der Waals surface area contributed by atoms with Crippen molar-refractivity contribution in [1.29, 1.82) is 0 Å². The number of carbonyl (C=O) groups is 2. The molecule has 74 heavy (non-hydrogen) atoms. The molecule has 0 aromatic heterocycles. The van der Waals surface area contributed by atoms with Crippen molar-refractivity contribution in [3.05, 3.63) is 167 Å². The van der Waals surface area contributed by atoms with Gasteiger partial charge in [-0.25, -0.2) is 0 Å². The molecule has 0 atom stereocenters. The number of hydrogen-bond donors (Lipinski definition) is 2. The maximum Gasteiger partial charge on any atom is 0.264 e. The number of nitrogens with zero attached hydrogens (tertiary/aromatic N) is 4. The van der Waals surface area contributed by atoms with Crippen LogP contribution in [0.4, 0.5) is 17.1 Å². The maximum absolute atomic E-state index is 12.8. The number of amides is 2. The first-order chi connectivity index (χ1) is 35.5. The van der Waals surface area contributed by atoms with E-state index in [2.05, 4.69) is 147 Å². The highest BCUT2D eigenvalue weighted by atomic mass is 32.2. The van der Waals surface area contributed by atoms with E-state index in [0.717, 1.165) is 105 Å². The molecule has 3 heterocycles. The predicted molar refractivity (Wildman–Crippen MR) is 302 cm³/mol. The molecule has 4 aromatic carbocycles. The van der Waals surface area contributed by atoms with Gasteiger partial charge in [0, 0.05) is 97.5 Å². The van der Waals surface area contributed by atoms with Gasteiger partial charge in [0.2, 0.25) is 11.6 Å². The van der Waals surface area contributed by atoms with Crippen molar-refractivity contribution in [2.45, 2.75) is 117 Å². The Morgan fingerprint density at radius 3 is 2.34 bits per heavy atom. The number of fused-ring (bicyclic) bond motifs is 4. The lowest BCUT2D eigenvalue weighted by Crippen LogP contribution is -2.34. The Labute approximate surface area is 440 Å². The molecule has 0 saturated carbocycles. The minimum absolute atomic E-state index is 0.0104. The minimum atomic E-state index is -4.13. The van der Waals surface area contributed by atoms with Crippen LogP contribution >= 0.6 is 0 Å². The molecule has 3 aliphatic heterocycles. The van der Waals surface area contributed by atoms with Gasteiger partial charge in [-0.05, 0) is 147 Å². The molecule has 2 amide bonds. The second-order valence-corrected chi connectivity index (χ2v) is 22.7. The van der Waals surface area contributed by atoms with Crippen molar-refractivity contribution < 1.29 is 31.9 Å². The molecule has 0 bridgehead atoms. The summed E-state index contributed by atoms with van der Waals surface area (Å²) in [7, 11) is -4.13. The molecule has 0 saturated heterocycles. The summed E-state index contributed by atoms with van der Waals surface area (Å²) in [5, 5.41) is 5.44. The van der Waals surface area contributed by atoms with Crippen molar-refractivity contribution in [3.63, 3.8) is 0 Å². The van der Waals surface area contributed by atoms with Crippen LogP contribution in [-0.2, 0) is 30.5 Å². The molecule has 12 heteroatoms. The van der Waals surface area contributed by atoms with Gasteiger partial charge in [-0.15, -0.1) is 0 Å². The predicted octanol–water partition coefficient (Wildman–Crippen LogP) is 12.4. The Balaban J connectivity index is 1.11. The molecule has 0 spiro atoms. The van der Waals surface area contributed by atoms with E-state index >= 15 is 0 Å². The second-order valence-electron chi connectivity index (χ2n) is 21.1. The third kappa shape index (κ3) is 12.0. The molecule has 0 unspecified atom stereocenters. The largest absolute Gasteiger partial charge is 0.457 e. The minimum Gasteiger partial charge on any atom is -0.457 e. The fourth-order valence-electron chi connectivity index (χ4n) is 11.4. The van der Waals surface area contributed by atoms with Gasteiger partial charge in [-0.2, -0.15) is 13.0 Å². The zero-order valence-electron chi connectivity index (χ0n) is 44.5. The fourth-order valence-corrected chi connectivity index (χ4v) is 11.9. The van der Waals surface area contributed by atoms with Crippen molar-refractivity contribution >= 4 is 55.5 Å². The van der Waals surface area contributed by atoms with Crippen molar-refractivity contribution in [2.24, 2.45) is 0 Å². The molecular formula is C62H76N5O6S+. The van der Waals surface area contributed by atoms with Crippen LogP contribution in [0.2, 0.25) is 0 Å². The number of allylic oxidation sites excluding steroid dienone is 8. The number of anilines is 2. The standard InChI is InChI=1S/C62H75N5O6S/c1-8-38-64(39-9-2)49-31-33-53-52(44-49)61(4,5)55(66(53)41-19-43-74(70,71)72)34-29-47-21-18-22-48(60(47)73-50-23-12-10-13-24-50)30-35-56-62(6,7)59-51-25-16-15-20-46(51)28-32-54(59)67(56)40-17-11-14-26-57(68)63-37-42-65-45(3)27-36-58(65)69/h10,12-13,15-16,20,23-25,27-36,44H,3,8-9,11,14,17-19,21-22,26,37-43H2,1-2,4-7H3,(H-,63,68,70,71,72)/p+1. The number of nitrogens with one attached hydrogen (secondary N) is 1. The zero-order valence-corrected chi connectivity index (χ0v) is 45.3. The summed E-state index contributed by atoms with van der Waals surface area (Å²) in [6, 6.07) is 29.8. The third-order valence-corrected chi connectivity index (χ3v) is 15.9. The number of hydrogen-bond acceptors (Lipinski definition) is 7. The summed E-state index contributed by atoms with van der Waals surface area (Å²) in [4.78, 5) is 31.2. The van der Waals surface area contributed by atoms with Crippen LogP contribution < -0.4 is 19.9 Å². The Hall–Kier alpha value is -6.50. The van der Waals surface area contributed by atoms with Crippen LogP contribution in [-0.4, -0.2) is 85.0 Å². The van der Waals surface area contributed by atoms with E-state index < -0.39 is 15.5 Å². The summed E-state index contributed by atoms with van der Waals surface area (Å²) >= 11 is 0. The van der Waals surface area contributed by atoms with Gasteiger partial charge in [0.05, 0.1) is 11.2 Å². The van der Waals surface area contributed by atoms with Gasteiger partial charge in [0.15, 0.2) is 5.71 Å². The third-order valence-electron chi connectivity index (χ3n) is 15.1. The molecule has 0 radical (unpaired) electrons. The molecule has 1 aliphatic carbocycles. The first-order valence-electron chi connectivity index (χ1n) is 26.8. The number of para-hydroxylation sites is 1. The zero-order chi connectivity index (χ0) is 52.6. The van der Waals surface area contributed by atoms with Crippen LogP contribution in [0.25, 0.3) is 10.8 Å². The highest BCUT2D eigenvalue weighted by Crippen LogP contribution is 2.50. The van der Waals surface area contributed by atoms with E-state index in [1.807, 2.05) is 30.3 Å². The van der Waals surface area contributed by atoms with Crippen LogP contribution in [0.15, 0.2) is 156 Å². The van der Waals surface area contributed by atoms with Crippen molar-refractivity contribution in [3.8, 4) is 5.75 Å². The number of unbranched alkanes of at least 4 members (excludes halogenated alkanes) is 2. The second kappa shape index (κ2) is 23.4. The van der Waals surface area contributed by atoms with Crippen LogP contribution in [0.3, 0.4) is 0 Å². The molecule has 4 aromatic rings. The first kappa shape index (κ1) is 53.8. The average molecular weight is 1020 g/mol. The summed E-state index contributed by atoms with van der Waals surface area (Å²) in [6.07, 6.45) is 20.2. The van der Waals surface area contributed by atoms with Gasteiger partial charge >= 0.3 is 0 Å². The molecular weight excluding hydrogens is 943 g/mol. The summed E-state index contributed by atoms with van der Waals surface area (Å²) in [6.45, 7) is 21.4. The van der Waals surface area contributed by atoms with Gasteiger partial charge < -0.3 is 24.8 Å². The van der Waals surface area contributed by atoms with Crippen molar-refractivity contribution in [2.75, 3.05) is 54.8 Å². The SMILES string of the molecule is C=C1C=CC(=O)N1CCNC(=O)CCCCC[N+]1=C(C=CC2=C(Oc3ccccc3)C(=CC=C3N(CCCS(=O)(=O)O)c4ccc(N(CCC)CCC)cc4C3(C)C)CCC2)C(C)(C)c2c1ccc1ccccc21. The Kier molecular flexibility index (Phi) is 17.0. The van der Waals surface area contributed by atoms with Crippen LogP contribution in [0, 0.1) is 0 Å². The average Bonchev–Trinajstić information content (AvgIpc) is 3.89. The van der Waals surface area contributed by atoms with E-state index in [-0.39, 0.29) is 29.4 Å². The van der Waals surface area contributed by atoms with E-state index in [1.54, 1.807) is 11.0 Å². The highest BCUT2D eigenvalue weighted by Gasteiger charge is 2.46. The monoisotopic (exact) mass is 1020 g/mol. The maximum atomic E-state index is 12.8. The lowest BCUT2D eigenvalue weighted by Gasteiger charge is -2.27. The normalized spacial score (nSPS) is 18.2. The Bertz CT molecular complexity index is 3050. The first-order valence-corrected chi connectivity index (χ1v) is 28.4.